The number of nitrogens with two attached hydrogens (primary N) is 1. The number of carbonyl (C=O) groups is 4. The van der Waals surface area contributed by atoms with E-state index in [4.69, 9.17) is 10.8 Å². The molecule has 3 unspecified atom stereocenters. The monoisotopic (exact) mass is 396 g/mol. The highest BCUT2D eigenvalue weighted by atomic mass is 32.2. The van der Waals surface area contributed by atoms with Crippen LogP contribution in [0.5, 0.6) is 0 Å². The van der Waals surface area contributed by atoms with Crippen LogP contribution >= 0.6 is 24.4 Å². The van der Waals surface area contributed by atoms with Crippen LogP contribution in [-0.2, 0) is 19.2 Å². The first kappa shape index (κ1) is 23.5. The van der Waals surface area contributed by atoms with Gasteiger partial charge in [-0.15, -0.1) is 0 Å². The summed E-state index contributed by atoms with van der Waals surface area (Å²) in [5.74, 6) is -2.86. The lowest BCUT2D eigenvalue weighted by Gasteiger charge is -2.19. The summed E-state index contributed by atoms with van der Waals surface area (Å²) in [5, 5.41) is 24.7. The van der Waals surface area contributed by atoms with Crippen LogP contribution in [0.25, 0.3) is 0 Å². The molecule has 0 fully saturated rings. The summed E-state index contributed by atoms with van der Waals surface area (Å²) in [4.78, 5) is 46.1. The molecule has 0 rings (SSSR count). The van der Waals surface area contributed by atoms with E-state index in [0.717, 1.165) is 0 Å². The average Bonchev–Trinajstić information content (AvgIpc) is 2.59. The van der Waals surface area contributed by atoms with E-state index in [1.54, 1.807) is 0 Å². The molecule has 7 N–H and O–H groups in total. The molecule has 0 spiro atoms. The van der Waals surface area contributed by atoms with Gasteiger partial charge in [0.15, 0.2) is 0 Å². The average molecular weight is 396 g/mol. The van der Waals surface area contributed by atoms with Gasteiger partial charge in [0.1, 0.15) is 12.1 Å². The Bertz CT molecular complexity index is 479. The summed E-state index contributed by atoms with van der Waals surface area (Å²) >= 11 is 5.33. The summed E-state index contributed by atoms with van der Waals surface area (Å²) in [6.07, 6.45) is 2.33. The van der Waals surface area contributed by atoms with Crippen LogP contribution in [0.4, 0.5) is 0 Å². The largest absolute Gasteiger partial charge is 0.480 e. The van der Waals surface area contributed by atoms with Crippen LogP contribution in [0, 0.1) is 0 Å². The van der Waals surface area contributed by atoms with E-state index >= 15 is 0 Å². The van der Waals surface area contributed by atoms with Gasteiger partial charge in [0.2, 0.25) is 17.7 Å². The van der Waals surface area contributed by atoms with Gasteiger partial charge in [0.25, 0.3) is 0 Å². The van der Waals surface area contributed by atoms with Crippen molar-refractivity contribution in [1.82, 2.24) is 16.0 Å². The smallest absolute Gasteiger partial charge is 0.327 e. The van der Waals surface area contributed by atoms with E-state index < -0.39 is 55.0 Å². The number of aliphatic carboxylic acids is 1. The molecule has 0 saturated heterocycles. The van der Waals surface area contributed by atoms with Gasteiger partial charge in [-0.25, -0.2) is 4.79 Å². The van der Waals surface area contributed by atoms with Crippen LogP contribution in [0.2, 0.25) is 0 Å². The molecule has 25 heavy (non-hydrogen) atoms. The van der Waals surface area contributed by atoms with Crippen LogP contribution < -0.4 is 21.7 Å². The normalized spacial score (nSPS) is 14.1. The van der Waals surface area contributed by atoms with Crippen molar-refractivity contribution in [2.24, 2.45) is 5.73 Å². The molecular weight excluding hydrogens is 372 g/mol. The third kappa shape index (κ3) is 9.53. The van der Waals surface area contributed by atoms with Crippen molar-refractivity contribution in [3.8, 4) is 0 Å². The maximum absolute atomic E-state index is 11.9. The number of aliphatic hydroxyl groups is 1. The highest BCUT2D eigenvalue weighted by Gasteiger charge is 2.25. The molecule has 0 bridgehead atoms. The first-order valence-electron chi connectivity index (χ1n) is 7.33. The van der Waals surface area contributed by atoms with Crippen molar-refractivity contribution in [3.05, 3.63) is 0 Å². The molecule has 0 aromatic carbocycles. The topological polar surface area (TPSA) is 171 Å². The van der Waals surface area contributed by atoms with Crippen molar-refractivity contribution in [2.45, 2.75) is 24.5 Å². The minimum absolute atomic E-state index is 0.156. The van der Waals surface area contributed by atoms with Gasteiger partial charge in [0, 0.05) is 5.75 Å². The van der Waals surface area contributed by atoms with Gasteiger partial charge in [-0.3, -0.25) is 14.4 Å². The van der Waals surface area contributed by atoms with E-state index in [0.29, 0.717) is 12.2 Å². The van der Waals surface area contributed by atoms with Crippen LogP contribution in [0.1, 0.15) is 6.42 Å². The summed E-state index contributed by atoms with van der Waals surface area (Å²) in [7, 11) is 0. The lowest BCUT2D eigenvalue weighted by atomic mass is 10.2. The SMILES string of the molecule is CSCCC(N)C(=O)NCC(=O)NC(CO)C(=O)NC(CS)C(=O)O. The number of hydrogen-bond donors (Lipinski definition) is 7. The Kier molecular flexibility index (Phi) is 12.0. The Labute approximate surface area is 155 Å². The first-order valence-corrected chi connectivity index (χ1v) is 9.35. The fourth-order valence-electron chi connectivity index (χ4n) is 1.57. The van der Waals surface area contributed by atoms with Gasteiger partial charge >= 0.3 is 5.97 Å². The molecule has 12 heteroatoms. The Morgan fingerprint density at radius 3 is 2.28 bits per heavy atom. The van der Waals surface area contributed by atoms with E-state index in [2.05, 4.69) is 28.6 Å². The zero-order chi connectivity index (χ0) is 19.4. The quantitative estimate of drug-likeness (QED) is 0.173. The number of carbonyl (C=O) groups excluding carboxylic acids is 3. The van der Waals surface area contributed by atoms with Crippen LogP contribution in [0.15, 0.2) is 0 Å². The molecular formula is C13H24N4O6S2. The molecule has 3 atom stereocenters. The maximum atomic E-state index is 11.9. The lowest BCUT2D eigenvalue weighted by Crippen LogP contribution is -2.55. The Morgan fingerprint density at radius 1 is 1.16 bits per heavy atom. The number of aliphatic hydroxyl groups excluding tert-OH is 1. The van der Waals surface area contributed by atoms with E-state index in [-0.39, 0.29) is 5.75 Å². The van der Waals surface area contributed by atoms with Crippen LogP contribution in [-0.4, -0.2) is 82.9 Å². The molecule has 0 radical (unpaired) electrons. The summed E-state index contributed by atoms with van der Waals surface area (Å²) in [6, 6.07) is -3.35. The molecule has 0 saturated carbocycles. The van der Waals surface area contributed by atoms with Crippen molar-refractivity contribution < 1.29 is 29.4 Å². The minimum Gasteiger partial charge on any atom is -0.480 e. The third-order valence-electron chi connectivity index (χ3n) is 3.02. The number of carboxylic acids is 1. The number of hydrogen-bond acceptors (Lipinski definition) is 8. The van der Waals surface area contributed by atoms with Gasteiger partial charge in [-0.05, 0) is 18.4 Å². The molecule has 0 heterocycles. The van der Waals surface area contributed by atoms with E-state index in [1.165, 1.54) is 11.8 Å². The second-order valence-corrected chi connectivity index (χ2v) is 6.34. The fraction of sp³-hybridized carbons (Fsp3) is 0.692. The second kappa shape index (κ2) is 12.8. The maximum Gasteiger partial charge on any atom is 0.327 e. The second-order valence-electron chi connectivity index (χ2n) is 4.99. The van der Waals surface area contributed by atoms with Gasteiger partial charge in [-0.1, -0.05) is 0 Å². The zero-order valence-electron chi connectivity index (χ0n) is 13.7. The zero-order valence-corrected chi connectivity index (χ0v) is 15.4. The summed E-state index contributed by atoms with van der Waals surface area (Å²) in [6.45, 7) is -1.16. The molecule has 3 amide bonds. The predicted molar refractivity (Wildman–Crippen MR) is 96.4 cm³/mol. The number of nitrogens with one attached hydrogen (secondary N) is 3. The molecule has 0 aliphatic heterocycles. The van der Waals surface area contributed by atoms with Crippen molar-refractivity contribution in [2.75, 3.05) is 30.9 Å². The molecule has 0 aromatic rings. The lowest BCUT2D eigenvalue weighted by molar-refractivity contribution is -0.141. The van der Waals surface area contributed by atoms with E-state index in [1.807, 2.05) is 6.26 Å². The Morgan fingerprint density at radius 2 is 1.80 bits per heavy atom. The standard InChI is InChI=1S/C13H24N4O6S2/c1-25-3-2-7(14)11(20)15-4-10(19)16-8(5-18)12(21)17-9(6-24)13(22)23/h7-9,18,24H,2-6,14H2,1H3,(H,15,20)(H,16,19)(H,17,21)(H,22,23). The number of thiol groups is 1. The Balaban J connectivity index is 4.42. The number of amides is 3. The number of thioether (sulfide) groups is 1. The summed E-state index contributed by atoms with van der Waals surface area (Å²) in [5.41, 5.74) is 5.64. The van der Waals surface area contributed by atoms with Gasteiger partial charge in [-0.2, -0.15) is 24.4 Å². The van der Waals surface area contributed by atoms with Crippen molar-refractivity contribution in [3.63, 3.8) is 0 Å². The molecule has 0 aromatic heterocycles. The van der Waals surface area contributed by atoms with Crippen LogP contribution in [0.3, 0.4) is 0 Å². The fourth-order valence-corrected chi connectivity index (χ4v) is 2.31. The molecule has 0 aliphatic carbocycles. The number of carboxylic acid groups (broad SMARTS) is 1. The molecule has 0 aliphatic rings. The van der Waals surface area contributed by atoms with E-state index in [9.17, 15) is 24.3 Å². The third-order valence-corrected chi connectivity index (χ3v) is 4.03. The Hall–Kier alpha value is -1.50. The summed E-state index contributed by atoms with van der Waals surface area (Å²) < 4.78 is 0. The highest BCUT2D eigenvalue weighted by Crippen LogP contribution is 1.98. The van der Waals surface area contributed by atoms with Crippen molar-refractivity contribution in [1.29, 1.82) is 0 Å². The van der Waals surface area contributed by atoms with Gasteiger partial charge < -0.3 is 31.9 Å². The minimum atomic E-state index is -1.35. The molecule has 144 valence electrons. The van der Waals surface area contributed by atoms with Crippen molar-refractivity contribution >= 4 is 48.1 Å². The first-order chi connectivity index (χ1) is 11.8. The van der Waals surface area contributed by atoms with Gasteiger partial charge in [0.05, 0.1) is 19.2 Å². The predicted octanol–water partition coefficient (Wildman–Crippen LogP) is -2.84. The number of rotatable bonds is 12. The molecule has 10 nitrogen and oxygen atoms in total. The highest BCUT2D eigenvalue weighted by molar-refractivity contribution is 7.98.